The first-order valence-corrected chi connectivity index (χ1v) is 8.43. The number of nitro benzene ring substituents is 1. The summed E-state index contributed by atoms with van der Waals surface area (Å²) in [4.78, 5) is 36.8. The number of phenols is 1. The Kier molecular flexibility index (Phi) is 5.64. The zero-order chi connectivity index (χ0) is 19.6. The van der Waals surface area contributed by atoms with Crippen molar-refractivity contribution in [1.29, 1.82) is 0 Å². The summed E-state index contributed by atoms with van der Waals surface area (Å²) in [5.74, 6) is -2.13. The highest BCUT2D eigenvalue weighted by Gasteiger charge is 2.43. The molecule has 140 valence electrons. The van der Waals surface area contributed by atoms with Gasteiger partial charge in [-0.15, -0.1) is 0 Å². The average molecular weight is 362 g/mol. The molecule has 0 aliphatic carbocycles. The van der Waals surface area contributed by atoms with Crippen molar-refractivity contribution in [2.45, 2.75) is 39.7 Å². The van der Waals surface area contributed by atoms with Gasteiger partial charge in [0.2, 0.25) is 0 Å². The Labute approximate surface area is 150 Å². The lowest BCUT2D eigenvalue weighted by atomic mass is 9.92. The number of amides is 1. The van der Waals surface area contributed by atoms with Crippen LogP contribution in [0.3, 0.4) is 0 Å². The van der Waals surface area contributed by atoms with Gasteiger partial charge in [0.25, 0.3) is 5.91 Å². The molecule has 8 nitrogen and oxygen atoms in total. The summed E-state index contributed by atoms with van der Waals surface area (Å²) < 4.78 is 0. The molecule has 1 aliphatic heterocycles. The van der Waals surface area contributed by atoms with E-state index in [4.69, 9.17) is 0 Å². The molecule has 0 spiro atoms. The first-order valence-electron chi connectivity index (χ1n) is 8.43. The van der Waals surface area contributed by atoms with Gasteiger partial charge in [0.15, 0.2) is 17.3 Å². The fourth-order valence-corrected chi connectivity index (χ4v) is 3.09. The van der Waals surface area contributed by atoms with E-state index in [1.54, 1.807) is 0 Å². The third-order valence-corrected chi connectivity index (χ3v) is 4.17. The Hall–Kier alpha value is -2.90. The molecule has 1 aliphatic rings. The van der Waals surface area contributed by atoms with Gasteiger partial charge in [-0.1, -0.05) is 26.8 Å². The third kappa shape index (κ3) is 3.54. The Balaban J connectivity index is 2.59. The van der Waals surface area contributed by atoms with Crippen molar-refractivity contribution in [1.82, 2.24) is 4.90 Å². The topological polar surface area (TPSA) is 121 Å². The number of rotatable bonds is 7. The SMILES string of the molecule is CCCN1C(=O)C(O)=C(C(=O)CC(C)C)C1c1ccc(O)c([N+](=O)[O-])c1. The van der Waals surface area contributed by atoms with E-state index < -0.39 is 34.1 Å². The van der Waals surface area contributed by atoms with E-state index in [2.05, 4.69) is 0 Å². The van der Waals surface area contributed by atoms with Crippen LogP contribution >= 0.6 is 0 Å². The summed E-state index contributed by atoms with van der Waals surface area (Å²) in [6.07, 6.45) is 0.727. The molecule has 2 rings (SSSR count). The zero-order valence-corrected chi connectivity index (χ0v) is 14.9. The zero-order valence-electron chi connectivity index (χ0n) is 14.9. The summed E-state index contributed by atoms with van der Waals surface area (Å²) in [6, 6.07) is 2.80. The van der Waals surface area contributed by atoms with Gasteiger partial charge in [-0.2, -0.15) is 0 Å². The molecule has 0 bridgehead atoms. The Morgan fingerprint density at radius 2 is 2.00 bits per heavy atom. The number of hydrogen-bond donors (Lipinski definition) is 2. The molecule has 0 fully saturated rings. The second-order valence-electron chi connectivity index (χ2n) is 6.69. The van der Waals surface area contributed by atoms with E-state index in [0.717, 1.165) is 12.1 Å². The molecule has 0 saturated carbocycles. The van der Waals surface area contributed by atoms with Crippen molar-refractivity contribution in [2.24, 2.45) is 5.92 Å². The van der Waals surface area contributed by atoms with E-state index >= 15 is 0 Å². The Bertz CT molecular complexity index is 784. The standard InChI is InChI=1S/C18H22N2O6/c1-4-7-19-16(11-5-6-13(21)12(9-11)20(25)26)15(17(23)18(19)24)14(22)8-10(2)3/h5-6,9-10,16,21,23H,4,7-8H2,1-3H3. The van der Waals surface area contributed by atoms with Gasteiger partial charge in [0.05, 0.1) is 16.5 Å². The quantitative estimate of drug-likeness (QED) is 0.568. The van der Waals surface area contributed by atoms with Crippen LogP contribution < -0.4 is 0 Å². The number of Topliss-reactive ketones (excluding diaryl/α,β-unsaturated/α-hetero) is 1. The normalized spacial score (nSPS) is 17.3. The monoisotopic (exact) mass is 362 g/mol. The second kappa shape index (κ2) is 7.55. The molecule has 0 saturated heterocycles. The van der Waals surface area contributed by atoms with E-state index in [-0.39, 0.29) is 30.2 Å². The number of aromatic hydroxyl groups is 1. The number of aliphatic hydroxyl groups is 1. The van der Waals surface area contributed by atoms with Gasteiger partial charge < -0.3 is 15.1 Å². The molecule has 1 atom stereocenters. The van der Waals surface area contributed by atoms with Crippen molar-refractivity contribution < 1.29 is 24.7 Å². The maximum absolute atomic E-state index is 12.7. The smallest absolute Gasteiger partial charge is 0.311 e. The lowest BCUT2D eigenvalue weighted by Gasteiger charge is -2.26. The predicted octanol–water partition coefficient (Wildman–Crippen LogP) is 3.02. The number of nitro groups is 1. The number of benzene rings is 1. The molecule has 1 amide bonds. The molecular weight excluding hydrogens is 340 g/mol. The average Bonchev–Trinajstić information content (AvgIpc) is 2.80. The molecule has 1 heterocycles. The van der Waals surface area contributed by atoms with Crippen molar-refractivity contribution in [2.75, 3.05) is 6.54 Å². The van der Waals surface area contributed by atoms with Crippen LogP contribution in [0.5, 0.6) is 5.75 Å². The van der Waals surface area contributed by atoms with Crippen molar-refractivity contribution >= 4 is 17.4 Å². The molecular formula is C18H22N2O6. The number of carbonyl (C=O) groups excluding carboxylic acids is 2. The second-order valence-corrected chi connectivity index (χ2v) is 6.69. The number of carbonyl (C=O) groups is 2. The van der Waals surface area contributed by atoms with E-state index in [1.165, 1.54) is 11.0 Å². The van der Waals surface area contributed by atoms with Crippen LogP contribution in [0.15, 0.2) is 29.5 Å². The van der Waals surface area contributed by atoms with Crippen LogP contribution in [-0.2, 0) is 9.59 Å². The first-order chi connectivity index (χ1) is 12.2. The molecule has 1 aromatic rings. The van der Waals surface area contributed by atoms with Crippen molar-refractivity contribution in [3.63, 3.8) is 0 Å². The van der Waals surface area contributed by atoms with Crippen molar-refractivity contribution in [3.05, 3.63) is 45.2 Å². The summed E-state index contributed by atoms with van der Waals surface area (Å²) >= 11 is 0. The number of ketones is 1. The van der Waals surface area contributed by atoms with Crippen LogP contribution in [0.1, 0.15) is 45.2 Å². The van der Waals surface area contributed by atoms with Crippen LogP contribution in [0.2, 0.25) is 0 Å². The largest absolute Gasteiger partial charge is 0.503 e. The predicted molar refractivity (Wildman–Crippen MR) is 93.6 cm³/mol. The third-order valence-electron chi connectivity index (χ3n) is 4.17. The van der Waals surface area contributed by atoms with Gasteiger partial charge in [0.1, 0.15) is 0 Å². The van der Waals surface area contributed by atoms with Gasteiger partial charge >= 0.3 is 5.69 Å². The van der Waals surface area contributed by atoms with Crippen LogP contribution in [0.25, 0.3) is 0 Å². The van der Waals surface area contributed by atoms with E-state index in [9.17, 15) is 29.9 Å². The van der Waals surface area contributed by atoms with Gasteiger partial charge in [-0.05, 0) is 24.0 Å². The van der Waals surface area contributed by atoms with Gasteiger partial charge in [0, 0.05) is 19.0 Å². The molecule has 2 N–H and O–H groups in total. The Morgan fingerprint density at radius 3 is 2.54 bits per heavy atom. The number of nitrogens with zero attached hydrogens (tertiary/aromatic N) is 2. The van der Waals surface area contributed by atoms with E-state index in [1.807, 2.05) is 20.8 Å². The highest BCUT2D eigenvalue weighted by molar-refractivity contribution is 6.09. The molecule has 8 heteroatoms. The maximum Gasteiger partial charge on any atom is 0.311 e. The first kappa shape index (κ1) is 19.4. The van der Waals surface area contributed by atoms with Crippen LogP contribution in [0.4, 0.5) is 5.69 Å². The number of hydrogen-bond acceptors (Lipinski definition) is 6. The minimum absolute atomic E-state index is 0.0212. The highest BCUT2D eigenvalue weighted by Crippen LogP contribution is 2.41. The molecule has 1 unspecified atom stereocenters. The summed E-state index contributed by atoms with van der Waals surface area (Å²) in [5.41, 5.74) is -0.266. The Morgan fingerprint density at radius 1 is 1.35 bits per heavy atom. The molecule has 0 aromatic heterocycles. The summed E-state index contributed by atoms with van der Waals surface area (Å²) in [6.45, 7) is 5.81. The van der Waals surface area contributed by atoms with Crippen molar-refractivity contribution in [3.8, 4) is 5.75 Å². The lowest BCUT2D eigenvalue weighted by Crippen LogP contribution is -2.32. The highest BCUT2D eigenvalue weighted by atomic mass is 16.6. The number of aliphatic hydroxyl groups excluding tert-OH is 1. The fraction of sp³-hybridized carbons (Fsp3) is 0.444. The lowest BCUT2D eigenvalue weighted by molar-refractivity contribution is -0.385. The molecule has 26 heavy (non-hydrogen) atoms. The minimum atomic E-state index is -0.909. The van der Waals surface area contributed by atoms with Crippen LogP contribution in [0, 0.1) is 16.0 Å². The molecule has 1 aromatic carbocycles. The summed E-state index contributed by atoms with van der Waals surface area (Å²) in [5, 5.41) is 31.1. The number of phenolic OH excluding ortho intramolecular Hbond substituents is 1. The van der Waals surface area contributed by atoms with Crippen LogP contribution in [-0.4, -0.2) is 38.3 Å². The summed E-state index contributed by atoms with van der Waals surface area (Å²) in [7, 11) is 0. The minimum Gasteiger partial charge on any atom is -0.503 e. The van der Waals surface area contributed by atoms with E-state index in [0.29, 0.717) is 12.0 Å². The van der Waals surface area contributed by atoms with Gasteiger partial charge in [-0.25, -0.2) is 0 Å². The fourth-order valence-electron chi connectivity index (χ4n) is 3.09. The maximum atomic E-state index is 12.7. The van der Waals surface area contributed by atoms with Gasteiger partial charge in [-0.3, -0.25) is 19.7 Å². The molecule has 0 radical (unpaired) electrons.